The summed E-state index contributed by atoms with van der Waals surface area (Å²) in [6, 6.07) is 3.37. The molecule has 0 spiro atoms. The molecule has 112 valence electrons. The summed E-state index contributed by atoms with van der Waals surface area (Å²) in [6.07, 6.45) is 2.37. The molecule has 0 bridgehead atoms. The molecule has 20 heavy (non-hydrogen) atoms. The minimum Gasteiger partial charge on any atom is -0.396 e. The summed E-state index contributed by atoms with van der Waals surface area (Å²) in [5.41, 5.74) is 5.72. The molecule has 0 unspecified atom stereocenters. The molecule has 0 aromatic heterocycles. The Bertz CT molecular complexity index is 603. The van der Waals surface area contributed by atoms with Crippen molar-refractivity contribution in [1.29, 1.82) is 0 Å². The Morgan fingerprint density at radius 3 is 2.65 bits per heavy atom. The quantitative estimate of drug-likeness (QED) is 0.778. The van der Waals surface area contributed by atoms with E-state index in [1.165, 1.54) is 25.0 Å². The zero-order valence-electron chi connectivity index (χ0n) is 11.1. The van der Waals surface area contributed by atoms with E-state index in [1.807, 2.05) is 7.05 Å². The number of benzene rings is 1. The van der Waals surface area contributed by atoms with Gasteiger partial charge in [-0.3, -0.25) is 0 Å². The molecule has 1 fully saturated rings. The van der Waals surface area contributed by atoms with E-state index < -0.39 is 10.0 Å². The number of sulfonamides is 1. The summed E-state index contributed by atoms with van der Waals surface area (Å²) in [6.45, 7) is 0.985. The van der Waals surface area contributed by atoms with Crippen molar-refractivity contribution >= 4 is 38.9 Å². The van der Waals surface area contributed by atoms with Gasteiger partial charge in [-0.25, -0.2) is 13.1 Å². The first-order chi connectivity index (χ1) is 9.33. The van der Waals surface area contributed by atoms with Gasteiger partial charge in [-0.15, -0.1) is 0 Å². The summed E-state index contributed by atoms with van der Waals surface area (Å²) in [4.78, 5) is 2.09. The minimum absolute atomic E-state index is 0.0412. The van der Waals surface area contributed by atoms with Crippen molar-refractivity contribution in [3.8, 4) is 0 Å². The van der Waals surface area contributed by atoms with E-state index >= 15 is 0 Å². The predicted molar refractivity (Wildman–Crippen MR) is 81.7 cm³/mol. The van der Waals surface area contributed by atoms with Gasteiger partial charge >= 0.3 is 0 Å². The molecular formula is C12H17Cl2N3O2S. The summed E-state index contributed by atoms with van der Waals surface area (Å²) in [5, 5.41) is 0.197. The number of nitrogen functional groups attached to an aromatic ring is 1. The normalized spacial score (nSPS) is 15.8. The number of hydrogen-bond donors (Lipinski definition) is 2. The molecule has 2 rings (SSSR count). The fourth-order valence-electron chi connectivity index (χ4n) is 1.89. The molecule has 0 aliphatic heterocycles. The van der Waals surface area contributed by atoms with Crippen molar-refractivity contribution in [1.82, 2.24) is 9.62 Å². The highest BCUT2D eigenvalue weighted by molar-refractivity contribution is 7.89. The summed E-state index contributed by atoms with van der Waals surface area (Å²) in [5.74, 6) is 0. The fraction of sp³-hybridized carbons (Fsp3) is 0.500. The minimum atomic E-state index is -3.68. The van der Waals surface area contributed by atoms with Crippen LogP contribution in [0.15, 0.2) is 17.0 Å². The maximum atomic E-state index is 12.2. The molecule has 0 atom stereocenters. The smallest absolute Gasteiger partial charge is 0.242 e. The molecule has 1 aromatic rings. The lowest BCUT2D eigenvalue weighted by atomic mass is 10.3. The van der Waals surface area contributed by atoms with E-state index in [1.54, 1.807) is 0 Å². The second-order valence-electron chi connectivity index (χ2n) is 4.88. The largest absolute Gasteiger partial charge is 0.396 e. The molecule has 1 aliphatic rings. The van der Waals surface area contributed by atoms with Crippen molar-refractivity contribution in [3.05, 3.63) is 22.2 Å². The van der Waals surface area contributed by atoms with Crippen molar-refractivity contribution in [2.75, 3.05) is 25.9 Å². The number of nitrogens with zero attached hydrogens (tertiary/aromatic N) is 1. The van der Waals surface area contributed by atoms with Crippen LogP contribution in [0.2, 0.25) is 10.0 Å². The SMILES string of the molecule is CN(CCNS(=O)(=O)c1ccc(Cl)c(N)c1Cl)C1CC1. The van der Waals surface area contributed by atoms with Gasteiger partial charge in [-0.1, -0.05) is 23.2 Å². The van der Waals surface area contributed by atoms with E-state index in [4.69, 9.17) is 28.9 Å². The molecule has 1 aliphatic carbocycles. The zero-order chi connectivity index (χ0) is 14.9. The molecule has 5 nitrogen and oxygen atoms in total. The number of nitrogens with two attached hydrogens (primary N) is 1. The Labute approximate surface area is 129 Å². The highest BCUT2D eigenvalue weighted by atomic mass is 35.5. The van der Waals surface area contributed by atoms with Crippen molar-refractivity contribution in [3.63, 3.8) is 0 Å². The number of hydrogen-bond acceptors (Lipinski definition) is 4. The average Bonchev–Trinajstić information content (AvgIpc) is 3.19. The Morgan fingerprint density at radius 1 is 1.40 bits per heavy atom. The molecule has 3 N–H and O–H groups in total. The van der Waals surface area contributed by atoms with Crippen molar-refractivity contribution in [2.45, 2.75) is 23.8 Å². The number of likely N-dealkylation sites (N-methyl/N-ethyl adjacent to an activating group) is 1. The Morgan fingerprint density at radius 2 is 2.05 bits per heavy atom. The van der Waals surface area contributed by atoms with Crippen LogP contribution in [0.5, 0.6) is 0 Å². The topological polar surface area (TPSA) is 75.4 Å². The second-order valence-corrected chi connectivity index (χ2v) is 7.40. The highest BCUT2D eigenvalue weighted by Crippen LogP contribution is 2.32. The third-order valence-corrected chi connectivity index (χ3v) is 5.66. The molecular weight excluding hydrogens is 321 g/mol. The van der Waals surface area contributed by atoms with Gasteiger partial charge in [0.2, 0.25) is 10.0 Å². The maximum Gasteiger partial charge on any atom is 0.242 e. The fourth-order valence-corrected chi connectivity index (χ4v) is 3.67. The van der Waals surface area contributed by atoms with E-state index in [0.29, 0.717) is 19.1 Å². The van der Waals surface area contributed by atoms with E-state index in [-0.39, 0.29) is 20.6 Å². The van der Waals surface area contributed by atoms with Gasteiger partial charge < -0.3 is 10.6 Å². The van der Waals surface area contributed by atoms with Crippen LogP contribution in [0.4, 0.5) is 5.69 Å². The van der Waals surface area contributed by atoms with Crippen LogP contribution < -0.4 is 10.5 Å². The third kappa shape index (κ3) is 3.56. The van der Waals surface area contributed by atoms with Crippen LogP contribution >= 0.6 is 23.2 Å². The number of anilines is 1. The van der Waals surface area contributed by atoms with Gasteiger partial charge in [-0.2, -0.15) is 0 Å². The van der Waals surface area contributed by atoms with Crippen molar-refractivity contribution in [2.24, 2.45) is 0 Å². The number of halogens is 2. The first-order valence-corrected chi connectivity index (χ1v) is 8.50. The molecule has 1 aromatic carbocycles. The lowest BCUT2D eigenvalue weighted by Crippen LogP contribution is -2.34. The van der Waals surface area contributed by atoms with Crippen LogP contribution in [0.25, 0.3) is 0 Å². The van der Waals surface area contributed by atoms with Crippen LogP contribution in [-0.2, 0) is 10.0 Å². The van der Waals surface area contributed by atoms with Crippen LogP contribution in [0.3, 0.4) is 0 Å². The molecule has 0 heterocycles. The molecule has 0 radical (unpaired) electrons. The van der Waals surface area contributed by atoms with E-state index in [9.17, 15) is 8.42 Å². The van der Waals surface area contributed by atoms with E-state index in [2.05, 4.69) is 9.62 Å². The molecule has 0 saturated heterocycles. The third-order valence-electron chi connectivity index (χ3n) is 3.31. The average molecular weight is 338 g/mol. The Balaban J connectivity index is 2.04. The van der Waals surface area contributed by atoms with Gasteiger partial charge in [0.25, 0.3) is 0 Å². The van der Waals surface area contributed by atoms with Crippen LogP contribution in [0.1, 0.15) is 12.8 Å². The summed E-state index contributed by atoms with van der Waals surface area (Å²) >= 11 is 11.7. The van der Waals surface area contributed by atoms with E-state index in [0.717, 1.165) is 0 Å². The number of rotatable bonds is 6. The molecule has 8 heteroatoms. The maximum absolute atomic E-state index is 12.2. The predicted octanol–water partition coefficient (Wildman–Crippen LogP) is 1.95. The van der Waals surface area contributed by atoms with Gasteiger partial charge in [-0.05, 0) is 32.0 Å². The first-order valence-electron chi connectivity index (χ1n) is 6.26. The standard InChI is InChI=1S/C12H17Cl2N3O2S/c1-17(8-2-3-8)7-6-16-20(18,19)10-5-4-9(13)12(15)11(10)14/h4-5,8,16H,2-3,6-7,15H2,1H3. The monoisotopic (exact) mass is 337 g/mol. The first kappa shape index (κ1) is 15.9. The van der Waals surface area contributed by atoms with Gasteiger partial charge in [0.15, 0.2) is 0 Å². The lowest BCUT2D eigenvalue weighted by Gasteiger charge is -2.16. The van der Waals surface area contributed by atoms with Gasteiger partial charge in [0.05, 0.1) is 15.7 Å². The van der Waals surface area contributed by atoms with Gasteiger partial charge in [0, 0.05) is 19.1 Å². The lowest BCUT2D eigenvalue weighted by molar-refractivity contribution is 0.329. The Hall–Kier alpha value is -0.530. The molecule has 1 saturated carbocycles. The second kappa shape index (κ2) is 6.07. The Kier molecular flexibility index (Phi) is 4.81. The highest BCUT2D eigenvalue weighted by Gasteiger charge is 2.26. The van der Waals surface area contributed by atoms with Gasteiger partial charge in [0.1, 0.15) is 4.90 Å². The zero-order valence-corrected chi connectivity index (χ0v) is 13.4. The van der Waals surface area contributed by atoms with Crippen molar-refractivity contribution < 1.29 is 8.42 Å². The summed E-state index contributed by atoms with van der Waals surface area (Å²) < 4.78 is 26.9. The van der Waals surface area contributed by atoms with Crippen LogP contribution in [-0.4, -0.2) is 39.5 Å². The molecule has 0 amide bonds. The van der Waals surface area contributed by atoms with Crippen LogP contribution in [0, 0.1) is 0 Å². The summed E-state index contributed by atoms with van der Waals surface area (Å²) in [7, 11) is -1.69. The number of nitrogens with one attached hydrogen (secondary N) is 1.